The van der Waals surface area contributed by atoms with Crippen molar-refractivity contribution in [3.63, 3.8) is 0 Å². The third-order valence-electron chi connectivity index (χ3n) is 3.74. The van der Waals surface area contributed by atoms with Crippen molar-refractivity contribution < 1.29 is 38.4 Å². The van der Waals surface area contributed by atoms with Gasteiger partial charge < -0.3 is 0 Å². The van der Waals surface area contributed by atoms with Gasteiger partial charge in [-0.15, -0.1) is 0 Å². The van der Waals surface area contributed by atoms with E-state index in [2.05, 4.69) is 4.18 Å². The Morgan fingerprint density at radius 1 is 0.880 bits per heavy atom. The highest BCUT2D eigenvalue weighted by atomic mass is 32.2. The summed E-state index contributed by atoms with van der Waals surface area (Å²) >= 11 is 0. The molecule has 0 radical (unpaired) electrons. The van der Waals surface area contributed by atoms with E-state index in [1.807, 2.05) is 0 Å². The van der Waals surface area contributed by atoms with Crippen LogP contribution in [0, 0.1) is 6.92 Å². The van der Waals surface area contributed by atoms with E-state index in [9.17, 15) is 30.0 Å². The van der Waals surface area contributed by atoms with Gasteiger partial charge in [0.1, 0.15) is 0 Å². The SMILES string of the molecule is Cc1ccc(S(=O)(=O)OC2CCC(OS(=O)(=O)C(F)(F)F)CC2)cc1. The lowest BCUT2D eigenvalue weighted by Gasteiger charge is -2.27. The summed E-state index contributed by atoms with van der Waals surface area (Å²) in [6.07, 6.45) is -1.84. The second-order valence-corrected chi connectivity index (χ2v) is 8.89. The zero-order valence-corrected chi connectivity index (χ0v) is 14.8. The molecule has 1 aliphatic rings. The standard InChI is InChI=1S/C14H17F3O6S2/c1-10-2-8-13(9-3-10)24(18,19)22-11-4-6-12(7-5-11)23-25(20,21)14(15,16)17/h2-3,8-9,11-12H,4-7H2,1H3. The molecule has 0 unspecified atom stereocenters. The van der Waals surface area contributed by atoms with E-state index >= 15 is 0 Å². The molecule has 1 fully saturated rings. The smallest absolute Gasteiger partial charge is 0.263 e. The lowest BCUT2D eigenvalue weighted by Crippen LogP contribution is -2.34. The molecule has 0 heterocycles. The zero-order valence-electron chi connectivity index (χ0n) is 13.2. The molecule has 0 spiro atoms. The molecule has 1 aliphatic carbocycles. The number of benzene rings is 1. The van der Waals surface area contributed by atoms with Crippen LogP contribution in [0.5, 0.6) is 0 Å². The summed E-state index contributed by atoms with van der Waals surface area (Å²) in [5.74, 6) is 0. The topological polar surface area (TPSA) is 86.7 Å². The largest absolute Gasteiger partial charge is 0.523 e. The molecular weight excluding hydrogens is 385 g/mol. The van der Waals surface area contributed by atoms with Crippen LogP contribution in [0.2, 0.25) is 0 Å². The third-order valence-corrected chi connectivity index (χ3v) is 6.21. The van der Waals surface area contributed by atoms with E-state index < -0.39 is 38.0 Å². The summed E-state index contributed by atoms with van der Waals surface area (Å²) in [7, 11) is -9.65. The second-order valence-electron chi connectivity index (χ2n) is 5.76. The summed E-state index contributed by atoms with van der Waals surface area (Å²) in [6.45, 7) is 1.80. The maximum Gasteiger partial charge on any atom is 0.523 e. The second kappa shape index (κ2) is 7.22. The molecule has 0 aliphatic heterocycles. The Balaban J connectivity index is 1.93. The van der Waals surface area contributed by atoms with Crippen LogP contribution in [0.1, 0.15) is 31.2 Å². The predicted octanol–water partition coefficient (Wildman–Crippen LogP) is 2.88. The molecule has 0 aromatic heterocycles. The van der Waals surface area contributed by atoms with Crippen LogP contribution in [0.3, 0.4) is 0 Å². The van der Waals surface area contributed by atoms with Crippen molar-refractivity contribution in [2.24, 2.45) is 0 Å². The van der Waals surface area contributed by atoms with E-state index in [4.69, 9.17) is 4.18 Å². The zero-order chi connectivity index (χ0) is 18.9. The molecule has 0 amide bonds. The van der Waals surface area contributed by atoms with E-state index in [1.54, 1.807) is 19.1 Å². The Bertz CT molecular complexity index is 792. The maximum absolute atomic E-state index is 12.3. The molecule has 0 bridgehead atoms. The van der Waals surface area contributed by atoms with Gasteiger partial charge in [0.25, 0.3) is 10.1 Å². The van der Waals surface area contributed by atoms with Gasteiger partial charge in [-0.3, -0.25) is 8.37 Å². The molecule has 0 N–H and O–H groups in total. The quantitative estimate of drug-likeness (QED) is 0.556. The fourth-order valence-corrected chi connectivity index (χ4v) is 4.19. The van der Waals surface area contributed by atoms with Crippen molar-refractivity contribution in [1.29, 1.82) is 0 Å². The fourth-order valence-electron chi connectivity index (χ4n) is 2.40. The first-order valence-corrected chi connectivity index (χ1v) is 10.2. The van der Waals surface area contributed by atoms with E-state index in [0.717, 1.165) is 5.56 Å². The molecule has 0 saturated heterocycles. The lowest BCUT2D eigenvalue weighted by molar-refractivity contribution is -0.0594. The summed E-state index contributed by atoms with van der Waals surface area (Å²) in [6, 6.07) is 6.02. The first-order chi connectivity index (χ1) is 11.4. The van der Waals surface area contributed by atoms with E-state index in [0.29, 0.717) is 0 Å². The highest BCUT2D eigenvalue weighted by Gasteiger charge is 2.49. The molecule has 1 aromatic rings. The molecule has 142 valence electrons. The monoisotopic (exact) mass is 402 g/mol. The summed E-state index contributed by atoms with van der Waals surface area (Å²) in [5.41, 5.74) is -4.60. The Kier molecular flexibility index (Phi) is 5.81. The number of aryl methyl sites for hydroxylation is 1. The molecular formula is C14H17F3O6S2. The van der Waals surface area contributed by atoms with E-state index in [1.165, 1.54) is 12.1 Å². The Morgan fingerprint density at radius 2 is 1.32 bits per heavy atom. The average Bonchev–Trinajstić information content (AvgIpc) is 2.48. The minimum Gasteiger partial charge on any atom is -0.263 e. The van der Waals surface area contributed by atoms with Gasteiger partial charge in [-0.25, -0.2) is 0 Å². The van der Waals surface area contributed by atoms with Crippen LogP contribution >= 0.6 is 0 Å². The van der Waals surface area contributed by atoms with Crippen molar-refractivity contribution >= 4 is 20.2 Å². The fraction of sp³-hybridized carbons (Fsp3) is 0.571. The molecule has 1 saturated carbocycles. The van der Waals surface area contributed by atoms with Gasteiger partial charge in [0.2, 0.25) is 0 Å². The van der Waals surface area contributed by atoms with Gasteiger partial charge >= 0.3 is 15.6 Å². The highest BCUT2D eigenvalue weighted by molar-refractivity contribution is 7.87. The summed E-state index contributed by atoms with van der Waals surface area (Å²) in [4.78, 5) is -0.0175. The van der Waals surface area contributed by atoms with Crippen LogP contribution in [0.4, 0.5) is 13.2 Å². The van der Waals surface area contributed by atoms with Crippen LogP contribution in [-0.4, -0.2) is 34.6 Å². The number of halogens is 3. The average molecular weight is 402 g/mol. The minimum atomic E-state index is -5.66. The first kappa shape index (κ1) is 20.1. The van der Waals surface area contributed by atoms with Gasteiger partial charge in [-0.1, -0.05) is 17.7 Å². The first-order valence-electron chi connectivity index (χ1n) is 7.40. The maximum atomic E-state index is 12.3. The van der Waals surface area contributed by atoms with Crippen LogP contribution < -0.4 is 0 Å². The number of rotatable bonds is 5. The van der Waals surface area contributed by atoms with Gasteiger partial charge in [0, 0.05) is 0 Å². The van der Waals surface area contributed by atoms with Gasteiger partial charge in [0.15, 0.2) is 0 Å². The molecule has 11 heteroatoms. The number of hydrogen-bond donors (Lipinski definition) is 0. The molecule has 2 rings (SSSR count). The normalized spacial score (nSPS) is 22.7. The highest BCUT2D eigenvalue weighted by Crippen LogP contribution is 2.31. The Labute approximate surface area is 144 Å². The van der Waals surface area contributed by atoms with Crippen molar-refractivity contribution in [2.75, 3.05) is 0 Å². The summed E-state index contributed by atoms with van der Waals surface area (Å²) < 4.78 is 92.4. The molecule has 0 atom stereocenters. The van der Waals surface area contributed by atoms with Crippen molar-refractivity contribution in [3.8, 4) is 0 Å². The lowest BCUT2D eigenvalue weighted by atomic mass is 9.95. The third kappa shape index (κ3) is 5.16. The Morgan fingerprint density at radius 3 is 1.76 bits per heavy atom. The van der Waals surface area contributed by atoms with Crippen molar-refractivity contribution in [2.45, 2.75) is 55.2 Å². The number of hydrogen-bond acceptors (Lipinski definition) is 6. The molecule has 25 heavy (non-hydrogen) atoms. The van der Waals surface area contributed by atoms with Crippen LogP contribution in [0.25, 0.3) is 0 Å². The number of alkyl halides is 3. The molecule has 6 nitrogen and oxygen atoms in total. The van der Waals surface area contributed by atoms with Crippen LogP contribution in [-0.2, 0) is 28.6 Å². The van der Waals surface area contributed by atoms with Gasteiger partial charge in [-0.05, 0) is 44.7 Å². The van der Waals surface area contributed by atoms with E-state index in [-0.39, 0.29) is 30.6 Å². The molecule has 1 aromatic carbocycles. The minimum absolute atomic E-state index is 0.0175. The van der Waals surface area contributed by atoms with Gasteiger partial charge in [0.05, 0.1) is 17.1 Å². The van der Waals surface area contributed by atoms with Crippen molar-refractivity contribution in [3.05, 3.63) is 29.8 Å². The predicted molar refractivity (Wildman–Crippen MR) is 81.6 cm³/mol. The Hall–Kier alpha value is -1.17. The van der Waals surface area contributed by atoms with Crippen molar-refractivity contribution in [1.82, 2.24) is 0 Å². The summed E-state index contributed by atoms with van der Waals surface area (Å²) in [5, 5.41) is 0. The van der Waals surface area contributed by atoms with Crippen LogP contribution in [0.15, 0.2) is 29.2 Å². The van der Waals surface area contributed by atoms with Gasteiger partial charge in [-0.2, -0.15) is 30.0 Å².